The van der Waals surface area contributed by atoms with Crippen LogP contribution >= 0.6 is 0 Å². The number of hydrogen-bond donors (Lipinski definition) is 0. The Labute approximate surface area is 140 Å². The summed E-state index contributed by atoms with van der Waals surface area (Å²) >= 11 is 0. The number of rotatable bonds is 9. The molecule has 1 aromatic carbocycles. The molecule has 5 heteroatoms. The Morgan fingerprint density at radius 3 is 2.46 bits per heavy atom. The molecule has 0 atom stereocenters. The van der Waals surface area contributed by atoms with E-state index in [1.54, 1.807) is 18.3 Å². The summed E-state index contributed by atoms with van der Waals surface area (Å²) in [5, 5.41) is 0. The number of hydrogen-bond acceptors (Lipinski definition) is 5. The minimum atomic E-state index is -0.406. The zero-order chi connectivity index (χ0) is 17.2. The maximum atomic E-state index is 10.9. The van der Waals surface area contributed by atoms with Crippen LogP contribution in [0.5, 0.6) is 5.75 Å². The van der Waals surface area contributed by atoms with Gasteiger partial charge in [-0.25, -0.2) is 4.79 Å². The highest BCUT2D eigenvalue weighted by molar-refractivity contribution is 5.81. The number of aromatic nitrogens is 1. The Hall–Kier alpha value is -2.95. The molecule has 0 aliphatic heterocycles. The largest absolute Gasteiger partial charge is 0.492 e. The molecule has 0 bridgehead atoms. The molecule has 0 amide bonds. The van der Waals surface area contributed by atoms with Crippen molar-refractivity contribution in [3.05, 3.63) is 60.8 Å². The van der Waals surface area contributed by atoms with E-state index < -0.39 is 5.97 Å². The van der Waals surface area contributed by atoms with Crippen molar-refractivity contribution in [2.75, 3.05) is 13.2 Å². The van der Waals surface area contributed by atoms with E-state index in [4.69, 9.17) is 9.47 Å². The average Bonchev–Trinajstić information content (AvgIpc) is 2.65. The first-order chi connectivity index (χ1) is 11.7. The first kappa shape index (κ1) is 17.4. The third-order valence-electron chi connectivity index (χ3n) is 3.30. The highest BCUT2D eigenvalue weighted by Crippen LogP contribution is 2.19. The van der Waals surface area contributed by atoms with Crippen LogP contribution in [0, 0.1) is 0 Å². The SMILES string of the molecule is C=CC(=O)OCCCCOc1ccc(-c2ccc(C=O)cc2)nc1. The Kier molecular flexibility index (Phi) is 6.71. The van der Waals surface area contributed by atoms with Crippen LogP contribution in [0.2, 0.25) is 0 Å². The van der Waals surface area contributed by atoms with Crippen LogP contribution in [0.3, 0.4) is 0 Å². The van der Waals surface area contributed by atoms with Crippen LogP contribution < -0.4 is 4.74 Å². The number of pyridine rings is 1. The van der Waals surface area contributed by atoms with E-state index in [0.717, 1.165) is 36.5 Å². The van der Waals surface area contributed by atoms with E-state index >= 15 is 0 Å². The fourth-order valence-electron chi connectivity index (χ4n) is 1.99. The maximum Gasteiger partial charge on any atom is 0.330 e. The molecule has 1 heterocycles. The summed E-state index contributed by atoms with van der Waals surface area (Å²) in [7, 11) is 0. The fourth-order valence-corrected chi connectivity index (χ4v) is 1.99. The lowest BCUT2D eigenvalue weighted by Crippen LogP contribution is -2.04. The number of aldehydes is 1. The quantitative estimate of drug-likeness (QED) is 0.306. The van der Waals surface area contributed by atoms with Gasteiger partial charge in [-0.05, 0) is 25.0 Å². The lowest BCUT2D eigenvalue weighted by atomic mass is 10.1. The number of benzene rings is 1. The zero-order valence-corrected chi connectivity index (χ0v) is 13.3. The van der Waals surface area contributed by atoms with Crippen LogP contribution in [-0.4, -0.2) is 30.5 Å². The summed E-state index contributed by atoms with van der Waals surface area (Å²) in [6.07, 6.45) is 5.14. The van der Waals surface area contributed by atoms with Crippen LogP contribution in [0.4, 0.5) is 0 Å². The molecule has 0 aliphatic carbocycles. The van der Waals surface area contributed by atoms with Gasteiger partial charge in [-0.1, -0.05) is 30.8 Å². The molecule has 24 heavy (non-hydrogen) atoms. The van der Waals surface area contributed by atoms with Crippen LogP contribution in [-0.2, 0) is 9.53 Å². The summed E-state index contributed by atoms with van der Waals surface area (Å²) in [5.41, 5.74) is 2.39. The molecule has 0 unspecified atom stereocenters. The second kappa shape index (κ2) is 9.25. The number of ether oxygens (including phenoxy) is 2. The van der Waals surface area contributed by atoms with Crippen molar-refractivity contribution < 1.29 is 19.1 Å². The molecule has 0 saturated carbocycles. The molecule has 0 saturated heterocycles. The normalized spacial score (nSPS) is 10.0. The minimum Gasteiger partial charge on any atom is -0.492 e. The van der Waals surface area contributed by atoms with Gasteiger partial charge in [0.05, 0.1) is 25.1 Å². The molecule has 2 aromatic rings. The Morgan fingerprint density at radius 2 is 1.83 bits per heavy atom. The first-order valence-corrected chi connectivity index (χ1v) is 7.66. The number of carbonyl (C=O) groups excluding carboxylic acids is 2. The Balaban J connectivity index is 1.76. The summed E-state index contributed by atoms with van der Waals surface area (Å²) in [4.78, 5) is 25.9. The third-order valence-corrected chi connectivity index (χ3v) is 3.30. The molecule has 1 aromatic heterocycles. The minimum absolute atomic E-state index is 0.363. The van der Waals surface area contributed by atoms with E-state index in [0.29, 0.717) is 24.5 Å². The van der Waals surface area contributed by atoms with E-state index in [1.807, 2.05) is 24.3 Å². The van der Waals surface area contributed by atoms with Gasteiger partial charge in [0.2, 0.25) is 0 Å². The number of unbranched alkanes of at least 4 members (excludes halogenated alkanes) is 1. The predicted octanol–water partition coefficient (Wildman–Crippen LogP) is 3.45. The molecule has 0 spiro atoms. The molecular weight excluding hydrogens is 306 g/mol. The van der Waals surface area contributed by atoms with Crippen molar-refractivity contribution in [2.24, 2.45) is 0 Å². The van der Waals surface area contributed by atoms with Crippen LogP contribution in [0.1, 0.15) is 23.2 Å². The highest BCUT2D eigenvalue weighted by Gasteiger charge is 2.01. The van der Waals surface area contributed by atoms with Crippen molar-refractivity contribution in [3.63, 3.8) is 0 Å². The summed E-state index contributed by atoms with van der Waals surface area (Å²) in [6.45, 7) is 4.22. The monoisotopic (exact) mass is 325 g/mol. The molecule has 0 aliphatic rings. The predicted molar refractivity (Wildman–Crippen MR) is 90.9 cm³/mol. The summed E-state index contributed by atoms with van der Waals surface area (Å²) in [5.74, 6) is 0.281. The van der Waals surface area contributed by atoms with Crippen molar-refractivity contribution in [3.8, 4) is 17.0 Å². The van der Waals surface area contributed by atoms with Crippen molar-refractivity contribution in [1.29, 1.82) is 0 Å². The van der Waals surface area contributed by atoms with Gasteiger partial charge in [0, 0.05) is 17.2 Å². The van der Waals surface area contributed by atoms with Crippen LogP contribution in [0.25, 0.3) is 11.3 Å². The van der Waals surface area contributed by atoms with E-state index in [2.05, 4.69) is 11.6 Å². The van der Waals surface area contributed by atoms with Gasteiger partial charge in [0.25, 0.3) is 0 Å². The average molecular weight is 325 g/mol. The maximum absolute atomic E-state index is 10.9. The molecule has 5 nitrogen and oxygen atoms in total. The summed E-state index contributed by atoms with van der Waals surface area (Å²) in [6, 6.07) is 11.0. The molecule has 124 valence electrons. The van der Waals surface area contributed by atoms with Gasteiger partial charge in [0.1, 0.15) is 12.0 Å². The van der Waals surface area contributed by atoms with E-state index in [9.17, 15) is 9.59 Å². The van der Waals surface area contributed by atoms with Crippen molar-refractivity contribution >= 4 is 12.3 Å². The fraction of sp³-hybridized carbons (Fsp3) is 0.211. The molecule has 0 N–H and O–H groups in total. The smallest absolute Gasteiger partial charge is 0.330 e. The topological polar surface area (TPSA) is 65.5 Å². The molecule has 0 radical (unpaired) electrons. The van der Waals surface area contributed by atoms with Gasteiger partial charge in [-0.15, -0.1) is 0 Å². The number of carbonyl (C=O) groups is 2. The third kappa shape index (κ3) is 5.35. The molecule has 2 rings (SSSR count). The van der Waals surface area contributed by atoms with Crippen LogP contribution in [0.15, 0.2) is 55.3 Å². The molecule has 0 fully saturated rings. The first-order valence-electron chi connectivity index (χ1n) is 7.66. The van der Waals surface area contributed by atoms with Crippen molar-refractivity contribution in [1.82, 2.24) is 4.98 Å². The summed E-state index contributed by atoms with van der Waals surface area (Å²) < 4.78 is 10.5. The standard InChI is InChI=1S/C19H19NO4/c1-2-19(22)24-12-4-3-11-23-17-9-10-18(20-13-17)16-7-5-15(14-21)6-8-16/h2,5-10,13-14H,1,3-4,11-12H2. The van der Waals surface area contributed by atoms with Gasteiger partial charge in [-0.2, -0.15) is 0 Å². The second-order valence-electron chi connectivity index (χ2n) is 5.05. The molecular formula is C19H19NO4. The van der Waals surface area contributed by atoms with Gasteiger partial charge < -0.3 is 9.47 Å². The number of nitrogens with zero attached hydrogens (tertiary/aromatic N) is 1. The van der Waals surface area contributed by atoms with Gasteiger partial charge in [-0.3, -0.25) is 9.78 Å². The Bertz CT molecular complexity index is 678. The highest BCUT2D eigenvalue weighted by atomic mass is 16.5. The van der Waals surface area contributed by atoms with Gasteiger partial charge >= 0.3 is 5.97 Å². The Morgan fingerprint density at radius 1 is 1.08 bits per heavy atom. The van der Waals surface area contributed by atoms with E-state index in [-0.39, 0.29) is 0 Å². The van der Waals surface area contributed by atoms with E-state index in [1.165, 1.54) is 0 Å². The van der Waals surface area contributed by atoms with Gasteiger partial charge in [0.15, 0.2) is 0 Å². The zero-order valence-electron chi connectivity index (χ0n) is 13.3. The lowest BCUT2D eigenvalue weighted by molar-refractivity contribution is -0.137. The number of esters is 1. The second-order valence-corrected chi connectivity index (χ2v) is 5.05. The lowest BCUT2D eigenvalue weighted by Gasteiger charge is -2.07. The van der Waals surface area contributed by atoms with Crippen molar-refractivity contribution in [2.45, 2.75) is 12.8 Å².